The summed E-state index contributed by atoms with van der Waals surface area (Å²) in [5.41, 5.74) is 0.782. The zero-order valence-electron chi connectivity index (χ0n) is 10.8. The van der Waals surface area contributed by atoms with E-state index >= 15 is 0 Å². The van der Waals surface area contributed by atoms with Crippen LogP contribution < -0.4 is 14.8 Å². The van der Waals surface area contributed by atoms with Crippen LogP contribution in [0.1, 0.15) is 0 Å². The molecule has 98 valence electrons. The topological polar surface area (TPSA) is 67.2 Å². The highest BCUT2D eigenvalue weighted by Gasteiger charge is 2.06. The van der Waals surface area contributed by atoms with Crippen LogP contribution in [0.4, 0.5) is 5.82 Å². The minimum Gasteiger partial charge on any atom is -0.497 e. The number of aromatic nitrogens is 1. The number of benzene rings is 1. The Morgan fingerprint density at radius 1 is 1.21 bits per heavy atom. The van der Waals surface area contributed by atoms with Crippen LogP contribution in [0, 0.1) is 5.41 Å². The van der Waals surface area contributed by atoms with Gasteiger partial charge in [0.15, 0.2) is 0 Å². The van der Waals surface area contributed by atoms with Gasteiger partial charge in [-0.15, -0.1) is 0 Å². The van der Waals surface area contributed by atoms with Gasteiger partial charge in [-0.1, -0.05) is 0 Å². The fraction of sp³-hybridized carbons (Fsp3) is 0.143. The fourth-order valence-electron chi connectivity index (χ4n) is 1.73. The van der Waals surface area contributed by atoms with E-state index in [9.17, 15) is 0 Å². The van der Waals surface area contributed by atoms with Gasteiger partial charge in [0.05, 0.1) is 19.7 Å². The zero-order chi connectivity index (χ0) is 13.7. The summed E-state index contributed by atoms with van der Waals surface area (Å²) in [6.45, 7) is 0. The number of nitrogens with zero attached hydrogens (tertiary/aromatic N) is 1. The quantitative estimate of drug-likeness (QED) is 0.808. The van der Waals surface area contributed by atoms with Crippen LogP contribution in [0.5, 0.6) is 11.5 Å². The summed E-state index contributed by atoms with van der Waals surface area (Å²) in [4.78, 5) is 4.47. The minimum absolute atomic E-state index is 0.649. The summed E-state index contributed by atoms with van der Waals surface area (Å²) >= 11 is 0. The number of methoxy groups -OCH3 is 2. The van der Waals surface area contributed by atoms with Crippen LogP contribution in [0.2, 0.25) is 0 Å². The molecule has 19 heavy (non-hydrogen) atoms. The van der Waals surface area contributed by atoms with Gasteiger partial charge >= 0.3 is 0 Å². The monoisotopic (exact) mass is 257 g/mol. The SMILES string of the molecule is COc1ccc2c(OC)cc(N/C=C\C=N)nc2c1. The van der Waals surface area contributed by atoms with Crippen LogP contribution in [-0.4, -0.2) is 25.4 Å². The Bertz CT molecular complexity index is 623. The first-order chi connectivity index (χ1) is 9.28. The maximum Gasteiger partial charge on any atom is 0.134 e. The third kappa shape index (κ3) is 2.82. The molecule has 2 aromatic rings. The number of allylic oxidation sites excluding steroid dienone is 1. The third-order valence-corrected chi connectivity index (χ3v) is 2.62. The first kappa shape index (κ1) is 12.9. The largest absolute Gasteiger partial charge is 0.497 e. The van der Waals surface area contributed by atoms with Gasteiger partial charge in [0.1, 0.15) is 17.3 Å². The second-order valence-electron chi connectivity index (χ2n) is 3.76. The lowest BCUT2D eigenvalue weighted by atomic mass is 10.2. The number of hydrogen-bond acceptors (Lipinski definition) is 5. The van der Waals surface area contributed by atoms with Gasteiger partial charge in [-0.05, 0) is 18.2 Å². The Balaban J connectivity index is 2.49. The van der Waals surface area contributed by atoms with Gasteiger partial charge in [0.25, 0.3) is 0 Å². The molecule has 1 heterocycles. The lowest BCUT2D eigenvalue weighted by molar-refractivity contribution is 0.414. The van der Waals surface area contributed by atoms with E-state index in [0.717, 1.165) is 22.4 Å². The van der Waals surface area contributed by atoms with E-state index in [2.05, 4.69) is 10.3 Å². The van der Waals surface area contributed by atoms with Crippen molar-refractivity contribution in [3.05, 3.63) is 36.5 Å². The molecule has 2 rings (SSSR count). The predicted octanol–water partition coefficient (Wildman–Crippen LogP) is 2.83. The predicted molar refractivity (Wildman–Crippen MR) is 76.4 cm³/mol. The Labute approximate surface area is 111 Å². The fourth-order valence-corrected chi connectivity index (χ4v) is 1.73. The van der Waals surface area contributed by atoms with Gasteiger partial charge in [-0.25, -0.2) is 4.98 Å². The Kier molecular flexibility index (Phi) is 3.97. The first-order valence-electron chi connectivity index (χ1n) is 5.73. The summed E-state index contributed by atoms with van der Waals surface area (Å²) in [6.07, 6.45) is 4.40. The van der Waals surface area contributed by atoms with Crippen LogP contribution in [0.15, 0.2) is 36.5 Å². The maximum absolute atomic E-state index is 6.92. The van der Waals surface area contributed by atoms with Gasteiger partial charge in [-0.3, -0.25) is 0 Å². The van der Waals surface area contributed by atoms with Crippen molar-refractivity contribution in [2.45, 2.75) is 0 Å². The van der Waals surface area contributed by atoms with Crippen molar-refractivity contribution < 1.29 is 9.47 Å². The maximum atomic E-state index is 6.92. The molecule has 0 aliphatic rings. The molecule has 0 saturated carbocycles. The van der Waals surface area contributed by atoms with Crippen LogP contribution in [0.3, 0.4) is 0 Å². The van der Waals surface area contributed by atoms with E-state index in [0.29, 0.717) is 5.82 Å². The molecule has 0 saturated heterocycles. The summed E-state index contributed by atoms with van der Waals surface area (Å²) in [5.74, 6) is 2.13. The molecule has 1 aromatic heterocycles. The molecule has 0 unspecified atom stereocenters. The van der Waals surface area contributed by atoms with Gasteiger partial charge in [-0.2, -0.15) is 0 Å². The number of rotatable bonds is 5. The molecule has 0 aliphatic carbocycles. The number of fused-ring (bicyclic) bond motifs is 1. The number of hydrogen-bond donors (Lipinski definition) is 2. The van der Waals surface area contributed by atoms with Gasteiger partial charge in [0, 0.05) is 29.9 Å². The lowest BCUT2D eigenvalue weighted by Gasteiger charge is -2.09. The summed E-state index contributed by atoms with van der Waals surface area (Å²) in [7, 11) is 3.24. The van der Waals surface area contributed by atoms with Gasteiger partial charge < -0.3 is 20.2 Å². The molecule has 2 N–H and O–H groups in total. The lowest BCUT2D eigenvalue weighted by Crippen LogP contribution is -1.95. The van der Waals surface area contributed by atoms with Crippen molar-refractivity contribution in [3.63, 3.8) is 0 Å². The van der Waals surface area contributed by atoms with Crippen molar-refractivity contribution in [1.29, 1.82) is 5.41 Å². The first-order valence-corrected chi connectivity index (χ1v) is 5.73. The number of pyridine rings is 1. The zero-order valence-corrected chi connectivity index (χ0v) is 10.8. The molecule has 0 amide bonds. The highest BCUT2D eigenvalue weighted by molar-refractivity contribution is 5.88. The van der Waals surface area contributed by atoms with Crippen molar-refractivity contribution in [3.8, 4) is 11.5 Å². The summed E-state index contributed by atoms with van der Waals surface area (Å²) < 4.78 is 10.5. The van der Waals surface area contributed by atoms with E-state index in [1.807, 2.05) is 24.3 Å². The van der Waals surface area contributed by atoms with E-state index in [1.54, 1.807) is 26.5 Å². The molecule has 1 aromatic carbocycles. The Hall–Kier alpha value is -2.56. The third-order valence-electron chi connectivity index (χ3n) is 2.62. The average Bonchev–Trinajstić information content (AvgIpc) is 2.46. The van der Waals surface area contributed by atoms with E-state index < -0.39 is 0 Å². The van der Waals surface area contributed by atoms with Crippen LogP contribution in [0.25, 0.3) is 10.9 Å². The Morgan fingerprint density at radius 3 is 2.74 bits per heavy atom. The van der Waals surface area contributed by atoms with E-state index in [-0.39, 0.29) is 0 Å². The highest BCUT2D eigenvalue weighted by Crippen LogP contribution is 2.29. The average molecular weight is 257 g/mol. The highest BCUT2D eigenvalue weighted by atomic mass is 16.5. The molecule has 0 radical (unpaired) electrons. The van der Waals surface area contributed by atoms with E-state index in [4.69, 9.17) is 14.9 Å². The number of ether oxygens (including phenoxy) is 2. The second kappa shape index (κ2) is 5.86. The van der Waals surface area contributed by atoms with Crippen molar-refractivity contribution in [2.24, 2.45) is 0 Å². The van der Waals surface area contributed by atoms with Crippen LogP contribution >= 0.6 is 0 Å². The molecule has 0 fully saturated rings. The second-order valence-corrected chi connectivity index (χ2v) is 3.76. The Morgan fingerprint density at radius 2 is 2.05 bits per heavy atom. The molecule has 0 atom stereocenters. The molecular formula is C14H15N3O2. The van der Waals surface area contributed by atoms with Crippen molar-refractivity contribution in [1.82, 2.24) is 4.98 Å². The molecule has 0 aliphatic heterocycles. The molecule has 0 bridgehead atoms. The molecule has 5 nitrogen and oxygen atoms in total. The minimum atomic E-state index is 0.649. The number of anilines is 1. The molecule has 5 heteroatoms. The van der Waals surface area contributed by atoms with Crippen molar-refractivity contribution >= 4 is 22.9 Å². The molecule has 0 spiro atoms. The van der Waals surface area contributed by atoms with Crippen molar-refractivity contribution in [2.75, 3.05) is 19.5 Å². The normalized spacial score (nSPS) is 10.6. The summed E-state index contributed by atoms with van der Waals surface area (Å²) in [5, 5.41) is 10.8. The van der Waals surface area contributed by atoms with E-state index in [1.165, 1.54) is 6.21 Å². The van der Waals surface area contributed by atoms with Crippen LogP contribution in [-0.2, 0) is 0 Å². The number of nitrogens with one attached hydrogen (secondary N) is 2. The molecular weight excluding hydrogens is 242 g/mol. The van der Waals surface area contributed by atoms with Gasteiger partial charge in [0.2, 0.25) is 0 Å². The smallest absolute Gasteiger partial charge is 0.134 e. The summed E-state index contributed by atoms with van der Waals surface area (Å²) in [6, 6.07) is 7.44. The standard InChI is InChI=1S/C14H15N3O2/c1-18-10-4-5-11-12(8-10)17-14(9-13(11)19-2)16-7-3-6-15/h3-9,15H,1-2H3,(H,16,17)/b7-3-,15-6?.